The summed E-state index contributed by atoms with van der Waals surface area (Å²) in [5, 5.41) is 20.6. The average Bonchev–Trinajstić information content (AvgIpc) is 4.14. The van der Waals surface area contributed by atoms with Crippen molar-refractivity contribution >= 4 is 119 Å². The van der Waals surface area contributed by atoms with Gasteiger partial charge in [-0.3, -0.25) is 0 Å². The zero-order valence-electron chi connectivity index (χ0n) is 39.1. The van der Waals surface area contributed by atoms with Gasteiger partial charge in [0.25, 0.3) is 0 Å². The van der Waals surface area contributed by atoms with Gasteiger partial charge < -0.3 is 8.80 Å². The van der Waals surface area contributed by atoms with Crippen molar-refractivity contribution in [3.63, 3.8) is 0 Å². The van der Waals surface area contributed by atoms with E-state index < -0.39 is 0 Å². The zero-order chi connectivity index (χ0) is 46.1. The molecule has 16 aromatic rings. The van der Waals surface area contributed by atoms with Crippen molar-refractivity contribution in [2.75, 3.05) is 0 Å². The summed E-state index contributed by atoms with van der Waals surface area (Å²) in [5.41, 5.74) is 16.6. The molecule has 0 atom stereocenters. The zero-order valence-corrected chi connectivity index (χ0v) is 39.1. The molecule has 0 amide bonds. The van der Waals surface area contributed by atoms with E-state index in [0.29, 0.717) is 0 Å². The SMILES string of the molecule is CC(C)(C)c1ccc2c(c1)c1cccc3c4c5cccc(-c6cc7c8cc(-c9c%10ccccc%10c(-c%10ccccc%10)c%10ccccc9%10)ccc8n8c9ccc%10ccccc%10c9c(c6)c78)c5ccc4n2c13. The molecule has 0 spiro atoms. The van der Waals surface area contributed by atoms with E-state index in [1.807, 2.05) is 0 Å². The van der Waals surface area contributed by atoms with Crippen LogP contribution in [-0.2, 0) is 5.41 Å². The van der Waals surface area contributed by atoms with Crippen LogP contribution in [0.5, 0.6) is 0 Å². The van der Waals surface area contributed by atoms with Gasteiger partial charge in [-0.2, -0.15) is 0 Å². The van der Waals surface area contributed by atoms with E-state index in [9.17, 15) is 0 Å². The minimum Gasteiger partial charge on any atom is -0.308 e. The third-order valence-electron chi connectivity index (χ3n) is 16.1. The first-order valence-corrected chi connectivity index (χ1v) is 24.7. The molecule has 4 aromatic heterocycles. The Kier molecular flexibility index (Phi) is 7.38. The van der Waals surface area contributed by atoms with Gasteiger partial charge in [0, 0.05) is 43.1 Å². The van der Waals surface area contributed by atoms with Gasteiger partial charge in [-0.25, -0.2) is 0 Å². The molecular weight excluding hydrogens is 845 g/mol. The van der Waals surface area contributed by atoms with Crippen molar-refractivity contribution < 1.29 is 0 Å². The van der Waals surface area contributed by atoms with E-state index in [4.69, 9.17) is 0 Å². The monoisotopic (exact) mass is 888 g/mol. The Morgan fingerprint density at radius 2 is 0.800 bits per heavy atom. The fraction of sp³-hybridized carbons (Fsp3) is 0.0588. The highest BCUT2D eigenvalue weighted by Crippen LogP contribution is 2.49. The molecule has 0 saturated carbocycles. The Hall–Kier alpha value is -8.72. The molecule has 0 fully saturated rings. The summed E-state index contributed by atoms with van der Waals surface area (Å²) in [6.07, 6.45) is 0. The Morgan fingerprint density at radius 3 is 1.53 bits per heavy atom. The van der Waals surface area contributed by atoms with Gasteiger partial charge >= 0.3 is 0 Å². The van der Waals surface area contributed by atoms with E-state index in [-0.39, 0.29) is 5.41 Å². The van der Waals surface area contributed by atoms with Gasteiger partial charge in [-0.05, 0) is 136 Å². The number of benzene rings is 12. The summed E-state index contributed by atoms with van der Waals surface area (Å²) in [7, 11) is 0. The molecule has 12 aromatic carbocycles. The van der Waals surface area contributed by atoms with Crippen molar-refractivity contribution in [2.24, 2.45) is 0 Å². The molecule has 16 rings (SSSR count). The number of aromatic nitrogens is 2. The molecule has 4 heterocycles. The third-order valence-corrected chi connectivity index (χ3v) is 16.1. The summed E-state index contributed by atoms with van der Waals surface area (Å²) in [6.45, 7) is 6.92. The largest absolute Gasteiger partial charge is 0.308 e. The molecule has 0 unspecified atom stereocenters. The van der Waals surface area contributed by atoms with Gasteiger partial charge in [0.1, 0.15) is 0 Å². The smallest absolute Gasteiger partial charge is 0.0621 e. The van der Waals surface area contributed by atoms with Crippen LogP contribution in [0.15, 0.2) is 212 Å². The lowest BCUT2D eigenvalue weighted by Gasteiger charge is -2.19. The van der Waals surface area contributed by atoms with Crippen molar-refractivity contribution in [3.8, 4) is 33.4 Å². The second kappa shape index (κ2) is 13.5. The molecule has 0 N–H and O–H groups in total. The van der Waals surface area contributed by atoms with Crippen LogP contribution in [-0.4, -0.2) is 8.80 Å². The molecule has 2 heteroatoms. The van der Waals surface area contributed by atoms with Crippen LogP contribution in [0, 0.1) is 0 Å². The van der Waals surface area contributed by atoms with Crippen LogP contribution in [0.2, 0.25) is 0 Å². The molecule has 326 valence electrons. The molecule has 0 bridgehead atoms. The Balaban J connectivity index is 0.987. The lowest BCUT2D eigenvalue weighted by atomic mass is 9.85. The number of hydrogen-bond acceptors (Lipinski definition) is 0. The molecule has 2 nitrogen and oxygen atoms in total. The van der Waals surface area contributed by atoms with E-state index in [1.54, 1.807) is 0 Å². The lowest BCUT2D eigenvalue weighted by molar-refractivity contribution is 0.591. The first-order chi connectivity index (χ1) is 34.4. The number of para-hydroxylation sites is 1. The quantitative estimate of drug-likeness (QED) is 0.156. The van der Waals surface area contributed by atoms with Crippen LogP contribution < -0.4 is 0 Å². The maximum Gasteiger partial charge on any atom is 0.0621 e. The van der Waals surface area contributed by atoms with Crippen LogP contribution in [0.4, 0.5) is 0 Å². The maximum atomic E-state index is 2.55. The van der Waals surface area contributed by atoms with Gasteiger partial charge in [0.15, 0.2) is 0 Å². The normalized spacial score (nSPS) is 12.8. The highest BCUT2D eigenvalue weighted by atomic mass is 14.9. The van der Waals surface area contributed by atoms with Crippen molar-refractivity contribution in [1.29, 1.82) is 0 Å². The summed E-state index contributed by atoms with van der Waals surface area (Å²) in [4.78, 5) is 0. The standard InChI is InChI=1S/C68H44N2/c1-68(2,3)43-29-33-59-55(38-43)52-25-14-26-53-65-47-24-13-23-44(46(47)30-34-61(65)69(59)66(52)53)42-36-56-54-35-41(28-31-58(54)70-60-32-27-39-15-7-8-18-45(39)64(60)57(37-42)67(56)70)63-50-21-11-9-19-48(50)62(40-16-5-4-6-17-40)49-20-10-12-22-51(49)63/h4-38H,1-3H3. The fourth-order valence-corrected chi connectivity index (χ4v) is 13.0. The van der Waals surface area contributed by atoms with Gasteiger partial charge in [0.2, 0.25) is 0 Å². The van der Waals surface area contributed by atoms with Crippen LogP contribution in [0.1, 0.15) is 26.3 Å². The number of nitrogens with zero attached hydrogens (tertiary/aromatic N) is 2. The Bertz CT molecular complexity index is 4850. The van der Waals surface area contributed by atoms with E-state index >= 15 is 0 Å². The fourth-order valence-electron chi connectivity index (χ4n) is 13.0. The molecule has 0 aliphatic heterocycles. The summed E-state index contributed by atoms with van der Waals surface area (Å²) >= 11 is 0. The third kappa shape index (κ3) is 4.92. The number of fused-ring (bicyclic) bond motifs is 18. The molecular formula is C68H44N2. The van der Waals surface area contributed by atoms with Crippen molar-refractivity contribution in [2.45, 2.75) is 26.2 Å². The molecule has 0 aliphatic rings. The van der Waals surface area contributed by atoms with Crippen LogP contribution in [0.25, 0.3) is 153 Å². The first-order valence-electron chi connectivity index (χ1n) is 24.7. The number of rotatable bonds is 3. The predicted molar refractivity (Wildman–Crippen MR) is 301 cm³/mol. The second-order valence-corrected chi connectivity index (χ2v) is 20.8. The topological polar surface area (TPSA) is 8.82 Å². The maximum absolute atomic E-state index is 2.55. The average molecular weight is 889 g/mol. The lowest BCUT2D eigenvalue weighted by Crippen LogP contribution is -2.10. The summed E-state index contributed by atoms with van der Waals surface area (Å²) < 4.78 is 5.07. The highest BCUT2D eigenvalue weighted by molar-refractivity contribution is 6.32. The number of hydrogen-bond donors (Lipinski definition) is 0. The minimum absolute atomic E-state index is 0.0719. The van der Waals surface area contributed by atoms with E-state index in [1.165, 1.54) is 158 Å². The van der Waals surface area contributed by atoms with Crippen molar-refractivity contribution in [1.82, 2.24) is 8.80 Å². The summed E-state index contributed by atoms with van der Waals surface area (Å²) in [6, 6.07) is 80.4. The first kappa shape index (κ1) is 38.3. The second-order valence-electron chi connectivity index (χ2n) is 20.8. The Morgan fingerprint density at radius 1 is 0.286 bits per heavy atom. The molecule has 0 radical (unpaired) electrons. The van der Waals surface area contributed by atoms with E-state index in [0.717, 1.165) is 0 Å². The van der Waals surface area contributed by atoms with Crippen LogP contribution in [0.3, 0.4) is 0 Å². The van der Waals surface area contributed by atoms with Crippen LogP contribution >= 0.6 is 0 Å². The summed E-state index contributed by atoms with van der Waals surface area (Å²) in [5.74, 6) is 0. The van der Waals surface area contributed by atoms with E-state index in [2.05, 4.69) is 242 Å². The van der Waals surface area contributed by atoms with Crippen molar-refractivity contribution in [3.05, 3.63) is 218 Å². The molecule has 0 aliphatic carbocycles. The minimum atomic E-state index is 0.0719. The highest BCUT2D eigenvalue weighted by Gasteiger charge is 2.25. The Labute approximate surface area is 403 Å². The molecule has 70 heavy (non-hydrogen) atoms. The van der Waals surface area contributed by atoms with Gasteiger partial charge in [-0.15, -0.1) is 0 Å². The van der Waals surface area contributed by atoms with Gasteiger partial charge in [0.05, 0.1) is 33.1 Å². The van der Waals surface area contributed by atoms with Gasteiger partial charge in [-0.1, -0.05) is 185 Å². The molecule has 0 saturated heterocycles. The predicted octanol–water partition coefficient (Wildman–Crippen LogP) is 18.9.